The molecule has 0 atom stereocenters. The summed E-state index contributed by atoms with van der Waals surface area (Å²) in [5, 5.41) is 14.9. The van der Waals surface area contributed by atoms with Crippen LogP contribution in [0, 0.1) is 0 Å². The van der Waals surface area contributed by atoms with Gasteiger partial charge in [-0.2, -0.15) is 0 Å². The molecule has 0 aliphatic rings. The number of thiazole rings is 1. The summed E-state index contributed by atoms with van der Waals surface area (Å²) in [6.45, 7) is 3.24. The van der Waals surface area contributed by atoms with Crippen LogP contribution in [0.5, 0.6) is 0 Å². The topological polar surface area (TPSA) is 49.6 Å². The molecule has 0 unspecified atom stereocenters. The second-order valence-electron chi connectivity index (χ2n) is 6.84. The predicted octanol–water partition coefficient (Wildman–Crippen LogP) is 7.86. The monoisotopic (exact) mass is 388 g/mol. The molecule has 28 heavy (non-hydrogen) atoms. The zero-order valence-corrected chi connectivity index (χ0v) is 16.9. The van der Waals surface area contributed by atoms with Gasteiger partial charge in [-0.25, -0.2) is 4.98 Å². The van der Waals surface area contributed by atoms with E-state index in [0.29, 0.717) is 0 Å². The number of hydrogen-bond donors (Lipinski definition) is 1. The Balaban J connectivity index is 1.60. The van der Waals surface area contributed by atoms with Gasteiger partial charge in [-0.15, -0.1) is 21.6 Å². The first-order chi connectivity index (χ1) is 13.9. The number of para-hydroxylation sites is 1. The van der Waals surface area contributed by atoms with Crippen LogP contribution in [-0.4, -0.2) is 11.5 Å². The maximum absolute atomic E-state index is 4.56. The molecule has 0 amide bonds. The average Bonchev–Trinajstić information content (AvgIpc) is 3.22. The summed E-state index contributed by atoms with van der Waals surface area (Å²) in [6.07, 6.45) is 5.03. The van der Waals surface area contributed by atoms with E-state index in [2.05, 4.69) is 57.8 Å². The fourth-order valence-corrected chi connectivity index (χ4v) is 4.06. The molecule has 5 heteroatoms. The lowest BCUT2D eigenvalue weighted by Gasteiger charge is -2.11. The number of anilines is 1. The number of rotatable bonds is 8. The van der Waals surface area contributed by atoms with Crippen molar-refractivity contribution in [1.82, 2.24) is 4.98 Å². The van der Waals surface area contributed by atoms with Gasteiger partial charge in [0.25, 0.3) is 0 Å². The molecule has 142 valence electrons. The van der Waals surface area contributed by atoms with Gasteiger partial charge in [0.15, 0.2) is 0 Å². The molecule has 3 aromatic carbocycles. The van der Waals surface area contributed by atoms with Crippen LogP contribution >= 0.6 is 11.3 Å². The highest BCUT2D eigenvalue weighted by Gasteiger charge is 2.06. The fourth-order valence-electron chi connectivity index (χ4n) is 3.36. The average molecular weight is 389 g/mol. The van der Waals surface area contributed by atoms with Crippen molar-refractivity contribution in [3.05, 3.63) is 60.1 Å². The third-order valence-electron chi connectivity index (χ3n) is 4.85. The Morgan fingerprint density at radius 2 is 1.71 bits per heavy atom. The van der Waals surface area contributed by atoms with Gasteiger partial charge in [-0.1, -0.05) is 56.5 Å². The molecule has 0 saturated carbocycles. The number of aromatic nitrogens is 1. The molecular formula is C23H24N4S. The summed E-state index contributed by atoms with van der Waals surface area (Å²) in [5.74, 6) is 0. The molecule has 4 nitrogen and oxygen atoms in total. The van der Waals surface area contributed by atoms with Crippen molar-refractivity contribution < 1.29 is 0 Å². The molecule has 4 aromatic rings. The second-order valence-corrected chi connectivity index (χ2v) is 7.73. The van der Waals surface area contributed by atoms with Crippen LogP contribution in [0.4, 0.5) is 17.1 Å². The zero-order chi connectivity index (χ0) is 19.2. The van der Waals surface area contributed by atoms with Crippen LogP contribution in [0.15, 0.2) is 70.3 Å². The van der Waals surface area contributed by atoms with Gasteiger partial charge < -0.3 is 5.32 Å². The van der Waals surface area contributed by atoms with Crippen LogP contribution in [0.3, 0.4) is 0 Å². The highest BCUT2D eigenvalue weighted by molar-refractivity contribution is 7.16. The van der Waals surface area contributed by atoms with Gasteiger partial charge in [0, 0.05) is 23.0 Å². The molecule has 0 bridgehead atoms. The Hall–Kier alpha value is -2.79. The van der Waals surface area contributed by atoms with E-state index >= 15 is 0 Å². The molecule has 0 aliphatic carbocycles. The van der Waals surface area contributed by atoms with Crippen molar-refractivity contribution in [3.63, 3.8) is 0 Å². The van der Waals surface area contributed by atoms with Gasteiger partial charge in [-0.05, 0) is 30.7 Å². The molecule has 1 aromatic heterocycles. The van der Waals surface area contributed by atoms with Crippen LogP contribution in [0.1, 0.15) is 32.6 Å². The summed E-state index contributed by atoms with van der Waals surface area (Å²) < 4.78 is 1.13. The minimum Gasteiger partial charge on any atom is -0.385 e. The lowest BCUT2D eigenvalue weighted by molar-refractivity contribution is 0.685. The van der Waals surface area contributed by atoms with Crippen molar-refractivity contribution in [2.45, 2.75) is 32.6 Å². The van der Waals surface area contributed by atoms with E-state index in [9.17, 15) is 0 Å². The molecule has 4 rings (SSSR count). The first kappa shape index (κ1) is 18.6. The predicted molar refractivity (Wildman–Crippen MR) is 120 cm³/mol. The summed E-state index contributed by atoms with van der Waals surface area (Å²) >= 11 is 1.62. The van der Waals surface area contributed by atoms with Crippen molar-refractivity contribution in [2.75, 3.05) is 11.9 Å². The van der Waals surface area contributed by atoms with Crippen LogP contribution in [-0.2, 0) is 0 Å². The molecule has 0 saturated heterocycles. The van der Waals surface area contributed by atoms with Crippen molar-refractivity contribution in [1.29, 1.82) is 0 Å². The summed E-state index contributed by atoms with van der Waals surface area (Å²) in [5.41, 5.74) is 5.60. The number of nitrogens with one attached hydrogen (secondary N) is 1. The Morgan fingerprint density at radius 3 is 2.61 bits per heavy atom. The fraction of sp³-hybridized carbons (Fsp3) is 0.261. The summed E-state index contributed by atoms with van der Waals surface area (Å²) in [7, 11) is 0. The number of nitrogens with zero attached hydrogens (tertiary/aromatic N) is 3. The zero-order valence-electron chi connectivity index (χ0n) is 16.1. The minimum atomic E-state index is 0.806. The number of unbranched alkanes of at least 4 members (excludes halogenated alkanes) is 3. The number of hydrogen-bond acceptors (Lipinski definition) is 5. The van der Waals surface area contributed by atoms with Crippen molar-refractivity contribution in [2.24, 2.45) is 10.2 Å². The molecule has 1 heterocycles. The summed E-state index contributed by atoms with van der Waals surface area (Å²) in [6, 6.07) is 18.5. The Bertz CT molecular complexity index is 1100. The third-order valence-corrected chi connectivity index (χ3v) is 5.65. The van der Waals surface area contributed by atoms with Gasteiger partial charge in [-0.3, -0.25) is 0 Å². The number of azo groups is 1. The van der Waals surface area contributed by atoms with Gasteiger partial charge in [0.2, 0.25) is 0 Å². The Kier molecular flexibility index (Phi) is 5.92. The van der Waals surface area contributed by atoms with Gasteiger partial charge in [0.1, 0.15) is 11.2 Å². The van der Waals surface area contributed by atoms with E-state index in [4.69, 9.17) is 0 Å². The van der Waals surface area contributed by atoms with Gasteiger partial charge >= 0.3 is 0 Å². The third kappa shape index (κ3) is 4.04. The van der Waals surface area contributed by atoms with Crippen LogP contribution < -0.4 is 5.32 Å². The van der Waals surface area contributed by atoms with E-state index in [-0.39, 0.29) is 0 Å². The van der Waals surface area contributed by atoms with Gasteiger partial charge in [0.05, 0.1) is 15.9 Å². The molecule has 1 N–H and O–H groups in total. The standard InChI is InChI=1S/C23H24N4S/c1-2-3-4-7-15-24-19-13-14-20(18-10-6-5-9-17(18)19)26-27-21-11-8-12-22-23(21)25-16-28-22/h5-6,8-14,16,24H,2-4,7,15H2,1H3. The highest BCUT2D eigenvalue weighted by atomic mass is 32.1. The van der Waals surface area contributed by atoms with E-state index in [0.717, 1.165) is 39.2 Å². The van der Waals surface area contributed by atoms with Crippen molar-refractivity contribution in [3.8, 4) is 0 Å². The van der Waals surface area contributed by atoms with Crippen LogP contribution in [0.25, 0.3) is 21.0 Å². The Labute approximate surface area is 169 Å². The second kappa shape index (κ2) is 8.93. The minimum absolute atomic E-state index is 0.806. The number of benzene rings is 3. The Morgan fingerprint density at radius 1 is 0.857 bits per heavy atom. The lowest BCUT2D eigenvalue weighted by Crippen LogP contribution is -2.01. The smallest absolute Gasteiger partial charge is 0.113 e. The molecule has 0 radical (unpaired) electrons. The quantitative estimate of drug-likeness (QED) is 0.247. The molecule has 0 spiro atoms. The molecule has 0 aliphatic heterocycles. The van der Waals surface area contributed by atoms with Crippen molar-refractivity contribution >= 4 is 49.4 Å². The van der Waals surface area contributed by atoms with E-state index in [1.165, 1.54) is 31.1 Å². The van der Waals surface area contributed by atoms with E-state index in [1.54, 1.807) is 11.3 Å². The molecule has 0 fully saturated rings. The van der Waals surface area contributed by atoms with E-state index < -0.39 is 0 Å². The normalized spacial score (nSPS) is 11.6. The lowest BCUT2D eigenvalue weighted by atomic mass is 10.1. The summed E-state index contributed by atoms with van der Waals surface area (Å²) in [4.78, 5) is 4.42. The molecular weight excluding hydrogens is 364 g/mol. The van der Waals surface area contributed by atoms with E-state index in [1.807, 2.05) is 29.8 Å². The van der Waals surface area contributed by atoms with Crippen LogP contribution in [0.2, 0.25) is 0 Å². The maximum Gasteiger partial charge on any atom is 0.113 e. The largest absolute Gasteiger partial charge is 0.385 e. The number of fused-ring (bicyclic) bond motifs is 2. The first-order valence-electron chi connectivity index (χ1n) is 9.86. The SMILES string of the molecule is CCCCCCNc1ccc(N=Nc2cccc3scnc23)c2ccccc12. The highest BCUT2D eigenvalue weighted by Crippen LogP contribution is 2.34. The first-order valence-corrected chi connectivity index (χ1v) is 10.7. The maximum atomic E-state index is 4.56.